The lowest BCUT2D eigenvalue weighted by Gasteiger charge is -2.06. The van der Waals surface area contributed by atoms with Crippen molar-refractivity contribution in [2.45, 2.75) is 30.7 Å². The number of anilines is 1. The van der Waals surface area contributed by atoms with Crippen LogP contribution in [0.3, 0.4) is 0 Å². The zero-order valence-electron chi connectivity index (χ0n) is 13.9. The van der Waals surface area contributed by atoms with E-state index in [-0.39, 0.29) is 17.3 Å². The van der Waals surface area contributed by atoms with Gasteiger partial charge in [-0.1, -0.05) is 25.4 Å². The highest BCUT2D eigenvalue weighted by Crippen LogP contribution is 2.20. The molecule has 10 heteroatoms. The van der Waals surface area contributed by atoms with Crippen LogP contribution >= 0.6 is 23.4 Å². The van der Waals surface area contributed by atoms with Gasteiger partial charge in [-0.05, 0) is 30.3 Å². The van der Waals surface area contributed by atoms with Gasteiger partial charge in [0.05, 0.1) is 5.69 Å². The predicted molar refractivity (Wildman–Crippen MR) is 98.3 cm³/mol. The number of rotatable bonds is 5. The largest absolute Gasteiger partial charge is 0.367 e. The fraction of sp³-hybridized carbons (Fsp3) is 0.250. The van der Waals surface area contributed by atoms with Crippen molar-refractivity contribution in [1.29, 1.82) is 0 Å². The van der Waals surface area contributed by atoms with Crippen LogP contribution in [0.5, 0.6) is 0 Å². The normalized spacial score (nSPS) is 11.3. The maximum Gasteiger partial charge on any atom is 0.367 e. The molecule has 26 heavy (non-hydrogen) atoms. The third-order valence-electron chi connectivity index (χ3n) is 3.27. The number of nitrogens with zero attached hydrogens (tertiary/aromatic N) is 4. The number of hydrogen-bond donors (Lipinski definition) is 1. The van der Waals surface area contributed by atoms with Crippen molar-refractivity contribution in [2.24, 2.45) is 0 Å². The minimum absolute atomic E-state index is 0.0232. The molecule has 0 atom stereocenters. The molecule has 0 unspecified atom stereocenters. The van der Waals surface area contributed by atoms with Crippen LogP contribution in [0, 0.1) is 5.82 Å². The molecule has 3 aromatic rings. The van der Waals surface area contributed by atoms with Gasteiger partial charge in [-0.25, -0.2) is 13.9 Å². The first-order valence-electron chi connectivity index (χ1n) is 7.72. The summed E-state index contributed by atoms with van der Waals surface area (Å²) in [5.41, 5.74) is -0.239. The van der Waals surface area contributed by atoms with Crippen molar-refractivity contribution >= 4 is 40.6 Å². The molecule has 1 N–H and O–H groups in total. The minimum Gasteiger partial charge on any atom is -0.322 e. The first-order chi connectivity index (χ1) is 12.3. The summed E-state index contributed by atoms with van der Waals surface area (Å²) in [6.45, 7) is 3.67. The molecule has 0 spiro atoms. The Morgan fingerprint density at radius 3 is 2.77 bits per heavy atom. The Morgan fingerprint density at radius 1 is 1.31 bits per heavy atom. The van der Waals surface area contributed by atoms with E-state index in [1.54, 1.807) is 12.1 Å². The zero-order chi connectivity index (χ0) is 18.8. The van der Waals surface area contributed by atoms with Gasteiger partial charge in [-0.3, -0.25) is 4.79 Å². The van der Waals surface area contributed by atoms with Crippen LogP contribution in [-0.4, -0.2) is 30.6 Å². The predicted octanol–water partition coefficient (Wildman–Crippen LogP) is 2.82. The highest BCUT2D eigenvalue weighted by molar-refractivity contribution is 7.99. The van der Waals surface area contributed by atoms with Gasteiger partial charge in [0, 0.05) is 10.3 Å². The van der Waals surface area contributed by atoms with E-state index >= 15 is 0 Å². The maximum absolute atomic E-state index is 13.7. The van der Waals surface area contributed by atoms with E-state index in [1.807, 2.05) is 13.8 Å². The zero-order valence-corrected chi connectivity index (χ0v) is 15.5. The molecular formula is C16H15ClFN5O2S. The Bertz CT molecular complexity index is 1030. The third kappa shape index (κ3) is 4.05. The van der Waals surface area contributed by atoms with Gasteiger partial charge in [-0.2, -0.15) is 9.61 Å². The van der Waals surface area contributed by atoms with Gasteiger partial charge in [0.1, 0.15) is 17.4 Å². The Morgan fingerprint density at radius 2 is 2.08 bits per heavy atom. The molecule has 0 aliphatic heterocycles. The van der Waals surface area contributed by atoms with Gasteiger partial charge >= 0.3 is 5.69 Å². The van der Waals surface area contributed by atoms with Crippen LogP contribution in [-0.2, 0) is 11.3 Å². The topological polar surface area (TPSA) is 81.3 Å². The van der Waals surface area contributed by atoms with E-state index in [4.69, 9.17) is 11.6 Å². The second-order valence-corrected chi connectivity index (χ2v) is 7.75. The number of fused-ring (bicyclic) bond motifs is 1. The molecule has 0 saturated carbocycles. The summed E-state index contributed by atoms with van der Waals surface area (Å²) in [7, 11) is 0. The van der Waals surface area contributed by atoms with Gasteiger partial charge < -0.3 is 5.32 Å². The van der Waals surface area contributed by atoms with Gasteiger partial charge in [0.15, 0.2) is 5.65 Å². The number of aromatic nitrogens is 4. The lowest BCUT2D eigenvalue weighted by Crippen LogP contribution is -2.29. The lowest BCUT2D eigenvalue weighted by molar-refractivity contribution is -0.117. The van der Waals surface area contributed by atoms with Crippen molar-refractivity contribution in [3.8, 4) is 0 Å². The van der Waals surface area contributed by atoms with E-state index < -0.39 is 17.4 Å². The second-order valence-electron chi connectivity index (χ2n) is 5.72. The molecule has 0 radical (unpaired) electrons. The van der Waals surface area contributed by atoms with Crippen LogP contribution < -0.4 is 11.0 Å². The molecule has 0 saturated heterocycles. The third-order valence-corrected chi connectivity index (χ3v) is 4.44. The fourth-order valence-electron chi connectivity index (χ4n) is 2.22. The molecule has 0 bridgehead atoms. The molecule has 0 aliphatic carbocycles. The Hall–Kier alpha value is -2.39. The lowest BCUT2D eigenvalue weighted by atomic mass is 10.3. The highest BCUT2D eigenvalue weighted by Gasteiger charge is 2.14. The summed E-state index contributed by atoms with van der Waals surface area (Å²) in [6.07, 6.45) is 0. The number of carbonyl (C=O) groups excluding carboxylic acids is 1. The second kappa shape index (κ2) is 7.46. The molecule has 1 aromatic carbocycles. The number of benzene rings is 1. The number of thioether (sulfide) groups is 1. The van der Waals surface area contributed by atoms with Crippen LogP contribution in [0.25, 0.3) is 5.65 Å². The first kappa shape index (κ1) is 18.4. The average Bonchev–Trinajstić information content (AvgIpc) is 2.86. The van der Waals surface area contributed by atoms with Gasteiger partial charge in [-0.15, -0.1) is 16.9 Å². The molecule has 0 aliphatic rings. The molecule has 2 heterocycles. The summed E-state index contributed by atoms with van der Waals surface area (Å²) in [4.78, 5) is 24.5. The van der Waals surface area contributed by atoms with E-state index in [0.717, 1.165) is 15.3 Å². The van der Waals surface area contributed by atoms with Crippen molar-refractivity contribution in [1.82, 2.24) is 19.4 Å². The summed E-state index contributed by atoms with van der Waals surface area (Å²) < 4.78 is 15.9. The minimum atomic E-state index is -0.662. The quantitative estimate of drug-likeness (QED) is 0.672. The Balaban J connectivity index is 1.80. The number of hydrogen-bond acceptors (Lipinski definition) is 5. The van der Waals surface area contributed by atoms with E-state index in [1.165, 1.54) is 23.9 Å². The summed E-state index contributed by atoms with van der Waals surface area (Å²) in [6, 6.07) is 7.31. The fourth-order valence-corrected chi connectivity index (χ4v) is 3.13. The average molecular weight is 396 g/mol. The highest BCUT2D eigenvalue weighted by atomic mass is 35.5. The van der Waals surface area contributed by atoms with Crippen molar-refractivity contribution in [2.75, 3.05) is 5.32 Å². The van der Waals surface area contributed by atoms with Crippen LogP contribution in [0.2, 0.25) is 5.02 Å². The van der Waals surface area contributed by atoms with Crippen molar-refractivity contribution < 1.29 is 9.18 Å². The van der Waals surface area contributed by atoms with E-state index in [0.29, 0.717) is 15.9 Å². The van der Waals surface area contributed by atoms with Crippen LogP contribution in [0.4, 0.5) is 10.1 Å². The maximum atomic E-state index is 13.7. The van der Waals surface area contributed by atoms with Crippen molar-refractivity contribution in [3.63, 3.8) is 0 Å². The van der Waals surface area contributed by atoms with Crippen LogP contribution in [0.15, 0.2) is 40.2 Å². The number of halogens is 2. The molecule has 3 rings (SSSR count). The smallest absolute Gasteiger partial charge is 0.322 e. The summed E-state index contributed by atoms with van der Waals surface area (Å²) in [5.74, 6) is -1.25. The van der Waals surface area contributed by atoms with E-state index in [9.17, 15) is 14.0 Å². The molecule has 0 fully saturated rings. The number of amides is 1. The van der Waals surface area contributed by atoms with Crippen LogP contribution in [0.1, 0.15) is 13.8 Å². The van der Waals surface area contributed by atoms with Gasteiger partial charge in [0.25, 0.3) is 0 Å². The molecule has 1 amide bonds. The SMILES string of the molecule is CC(C)Sc1ccc2nn(CC(=O)Nc3ccc(Cl)cc3F)c(=O)n2n1. The monoisotopic (exact) mass is 395 g/mol. The standard InChI is InChI=1S/C16H15ClFN5O2S/c1-9(2)26-15-6-5-13-20-22(16(25)23(13)21-15)8-14(24)19-12-4-3-10(17)7-11(12)18/h3-7,9H,8H2,1-2H3,(H,19,24). The first-order valence-corrected chi connectivity index (χ1v) is 8.97. The Labute approximate surface area is 157 Å². The van der Waals surface area contributed by atoms with Crippen molar-refractivity contribution in [3.05, 3.63) is 51.7 Å². The number of nitrogens with one attached hydrogen (secondary N) is 1. The summed E-state index contributed by atoms with van der Waals surface area (Å²) in [5, 5.41) is 11.9. The molecular weight excluding hydrogens is 381 g/mol. The molecule has 2 aromatic heterocycles. The van der Waals surface area contributed by atoms with Gasteiger partial charge in [0.2, 0.25) is 5.91 Å². The number of carbonyl (C=O) groups is 1. The molecule has 136 valence electrons. The molecule has 7 nitrogen and oxygen atoms in total. The van der Waals surface area contributed by atoms with E-state index in [2.05, 4.69) is 15.5 Å². The Kier molecular flexibility index (Phi) is 5.28. The summed E-state index contributed by atoms with van der Waals surface area (Å²) >= 11 is 7.18.